The van der Waals surface area contributed by atoms with Crippen LogP contribution in [0, 0.1) is 6.92 Å². The van der Waals surface area contributed by atoms with Crippen LogP contribution in [0.15, 0.2) is 84.1 Å². The van der Waals surface area contributed by atoms with E-state index < -0.39 is 16.0 Å². The van der Waals surface area contributed by atoms with Crippen LogP contribution < -0.4 is 4.31 Å². The number of aromatic nitrogens is 3. The van der Waals surface area contributed by atoms with Crippen molar-refractivity contribution in [2.75, 3.05) is 10.8 Å². The smallest absolute Gasteiger partial charge is 0.303 e. The second kappa shape index (κ2) is 8.99. The van der Waals surface area contributed by atoms with Crippen LogP contribution in [0.5, 0.6) is 0 Å². The number of benzene rings is 2. The number of carbonyl (C=O) groups is 1. The van der Waals surface area contributed by atoms with Crippen molar-refractivity contribution in [2.45, 2.75) is 30.6 Å². The highest BCUT2D eigenvalue weighted by atomic mass is 32.2. The van der Waals surface area contributed by atoms with Gasteiger partial charge in [-0.15, -0.1) is 0 Å². The number of pyridine rings is 1. The van der Waals surface area contributed by atoms with Crippen molar-refractivity contribution in [1.82, 2.24) is 14.8 Å². The average molecular weight is 489 g/mol. The molecule has 3 heterocycles. The molecule has 2 aromatic heterocycles. The van der Waals surface area contributed by atoms with Gasteiger partial charge in [-0.05, 0) is 60.4 Å². The largest absolute Gasteiger partial charge is 0.481 e. The van der Waals surface area contributed by atoms with Gasteiger partial charge in [0.15, 0.2) is 0 Å². The summed E-state index contributed by atoms with van der Waals surface area (Å²) in [7, 11) is -3.93. The van der Waals surface area contributed by atoms with E-state index in [1.54, 1.807) is 30.1 Å². The highest BCUT2D eigenvalue weighted by molar-refractivity contribution is 7.93. The van der Waals surface area contributed by atoms with Gasteiger partial charge in [0.1, 0.15) is 4.90 Å². The molecule has 0 fully saturated rings. The Bertz CT molecular complexity index is 1480. The number of aliphatic carboxylic acids is 1. The number of sulfonamides is 1. The van der Waals surface area contributed by atoms with Crippen molar-refractivity contribution in [3.05, 3.63) is 90.5 Å². The van der Waals surface area contributed by atoms with Crippen LogP contribution >= 0.6 is 0 Å². The van der Waals surface area contributed by atoms with E-state index in [9.17, 15) is 18.3 Å². The maximum atomic E-state index is 13.8. The summed E-state index contributed by atoms with van der Waals surface area (Å²) in [5.41, 5.74) is 4.50. The lowest BCUT2D eigenvalue weighted by Gasteiger charge is -2.20. The molecule has 1 aliphatic rings. The molecule has 0 saturated heterocycles. The molecule has 2 aromatic carbocycles. The van der Waals surface area contributed by atoms with Gasteiger partial charge in [-0.25, -0.2) is 13.1 Å². The first-order chi connectivity index (χ1) is 16.9. The first-order valence-corrected chi connectivity index (χ1v) is 12.7. The number of anilines is 1. The molecule has 9 heteroatoms. The van der Waals surface area contributed by atoms with E-state index in [-0.39, 0.29) is 23.8 Å². The highest BCUT2D eigenvalue weighted by Gasteiger charge is 2.38. The van der Waals surface area contributed by atoms with Crippen LogP contribution in [0.2, 0.25) is 0 Å². The molecule has 178 valence electrons. The van der Waals surface area contributed by atoms with E-state index in [4.69, 9.17) is 0 Å². The highest BCUT2D eigenvalue weighted by Crippen LogP contribution is 2.43. The van der Waals surface area contributed by atoms with E-state index in [2.05, 4.69) is 10.1 Å². The number of hydrogen-bond acceptors (Lipinski definition) is 5. The number of rotatable bonds is 7. The van der Waals surface area contributed by atoms with Gasteiger partial charge >= 0.3 is 5.97 Å². The summed E-state index contributed by atoms with van der Waals surface area (Å²) in [6.07, 6.45) is 5.12. The average Bonchev–Trinajstić information content (AvgIpc) is 3.45. The minimum absolute atomic E-state index is 0.0416. The number of fused-ring (bicyclic) bond motifs is 1. The molecule has 0 radical (unpaired) electrons. The topological polar surface area (TPSA) is 105 Å². The molecule has 0 bridgehead atoms. The Balaban J connectivity index is 1.56. The summed E-state index contributed by atoms with van der Waals surface area (Å²) < 4.78 is 30.7. The van der Waals surface area contributed by atoms with Crippen molar-refractivity contribution < 1.29 is 18.3 Å². The maximum absolute atomic E-state index is 13.8. The minimum Gasteiger partial charge on any atom is -0.481 e. The summed E-state index contributed by atoms with van der Waals surface area (Å²) in [4.78, 5) is 15.6. The lowest BCUT2D eigenvalue weighted by atomic mass is 9.93. The molecule has 0 spiro atoms. The van der Waals surface area contributed by atoms with Crippen LogP contribution in [-0.2, 0) is 14.8 Å². The van der Waals surface area contributed by atoms with Crippen molar-refractivity contribution in [3.8, 4) is 16.8 Å². The van der Waals surface area contributed by atoms with Gasteiger partial charge < -0.3 is 5.11 Å². The molecule has 1 N–H and O–H groups in total. The predicted molar refractivity (Wildman–Crippen MR) is 132 cm³/mol. The molecular formula is C26H24N4O4S. The van der Waals surface area contributed by atoms with Gasteiger partial charge in [0.25, 0.3) is 10.0 Å². The molecule has 1 atom stereocenters. The van der Waals surface area contributed by atoms with Gasteiger partial charge in [0, 0.05) is 31.3 Å². The van der Waals surface area contributed by atoms with E-state index in [0.717, 1.165) is 22.4 Å². The molecular weight excluding hydrogens is 464 g/mol. The molecule has 1 aliphatic heterocycles. The molecule has 1 unspecified atom stereocenters. The van der Waals surface area contributed by atoms with Crippen LogP contribution in [-0.4, -0.2) is 40.8 Å². The summed E-state index contributed by atoms with van der Waals surface area (Å²) in [5, 5.41) is 13.6. The third-order valence-corrected chi connectivity index (χ3v) is 8.24. The van der Waals surface area contributed by atoms with Gasteiger partial charge in [-0.3, -0.25) is 14.1 Å². The van der Waals surface area contributed by atoms with E-state index in [1.165, 1.54) is 10.5 Å². The molecule has 4 aromatic rings. The molecule has 0 aliphatic carbocycles. The fourth-order valence-electron chi connectivity index (χ4n) is 4.59. The van der Waals surface area contributed by atoms with Crippen LogP contribution in [0.4, 0.5) is 5.69 Å². The predicted octanol–water partition coefficient (Wildman–Crippen LogP) is 4.40. The Labute approximate surface area is 203 Å². The Hall–Kier alpha value is -3.98. The van der Waals surface area contributed by atoms with Gasteiger partial charge in [0.05, 0.1) is 23.3 Å². The Kier molecular flexibility index (Phi) is 5.86. The third kappa shape index (κ3) is 4.19. The zero-order valence-electron chi connectivity index (χ0n) is 19.1. The summed E-state index contributed by atoms with van der Waals surface area (Å²) in [6, 6.07) is 18.8. The van der Waals surface area contributed by atoms with Crippen molar-refractivity contribution in [3.63, 3.8) is 0 Å². The van der Waals surface area contributed by atoms with Gasteiger partial charge in [0.2, 0.25) is 0 Å². The lowest BCUT2D eigenvalue weighted by molar-refractivity contribution is -0.137. The van der Waals surface area contributed by atoms with Crippen LogP contribution in [0.3, 0.4) is 0 Å². The van der Waals surface area contributed by atoms with Gasteiger partial charge in [-0.1, -0.05) is 30.3 Å². The number of carboxylic acids is 1. The van der Waals surface area contributed by atoms with E-state index >= 15 is 0 Å². The zero-order valence-corrected chi connectivity index (χ0v) is 19.9. The number of para-hydroxylation sites is 1. The molecule has 35 heavy (non-hydrogen) atoms. The summed E-state index contributed by atoms with van der Waals surface area (Å²) in [5.74, 6) is -1.15. The quantitative estimate of drug-likeness (QED) is 0.413. The number of carboxylic acid groups (broad SMARTS) is 1. The standard InChI is InChI=1S/C26H24N4O4S/c1-18-25(16-28-30(18)22-7-3-2-4-8-22)35(33,34)29-17-21(10-12-26(31)32)23-14-19(9-11-24(23)29)20-6-5-13-27-15-20/h2-9,11,13-16,21H,10,12,17H2,1H3,(H,31,32). The molecule has 0 saturated carbocycles. The summed E-state index contributed by atoms with van der Waals surface area (Å²) >= 11 is 0. The fraction of sp³-hybridized carbons (Fsp3) is 0.192. The normalized spacial score (nSPS) is 15.2. The van der Waals surface area contributed by atoms with E-state index in [1.807, 2.05) is 54.6 Å². The van der Waals surface area contributed by atoms with Crippen molar-refractivity contribution >= 4 is 21.7 Å². The Morgan fingerprint density at radius 2 is 1.86 bits per heavy atom. The Morgan fingerprint density at radius 1 is 1.06 bits per heavy atom. The fourth-order valence-corrected chi connectivity index (χ4v) is 6.27. The number of nitrogens with zero attached hydrogens (tertiary/aromatic N) is 4. The lowest BCUT2D eigenvalue weighted by Crippen LogP contribution is -2.30. The van der Waals surface area contributed by atoms with Gasteiger partial charge in [-0.2, -0.15) is 5.10 Å². The van der Waals surface area contributed by atoms with Crippen molar-refractivity contribution in [2.24, 2.45) is 0 Å². The second-order valence-electron chi connectivity index (χ2n) is 8.52. The van der Waals surface area contributed by atoms with Crippen molar-refractivity contribution in [1.29, 1.82) is 0 Å². The first kappa shape index (κ1) is 22.8. The minimum atomic E-state index is -3.93. The van der Waals surface area contributed by atoms with E-state index in [0.29, 0.717) is 17.8 Å². The molecule has 8 nitrogen and oxygen atoms in total. The van der Waals surface area contributed by atoms with Crippen LogP contribution in [0.25, 0.3) is 16.8 Å². The molecule has 0 amide bonds. The monoisotopic (exact) mass is 488 g/mol. The molecule has 5 rings (SSSR count). The second-order valence-corrected chi connectivity index (χ2v) is 10.4. The third-order valence-electron chi connectivity index (χ3n) is 6.36. The van der Waals surface area contributed by atoms with Crippen LogP contribution in [0.1, 0.15) is 30.0 Å². The zero-order chi connectivity index (χ0) is 24.6. The summed E-state index contributed by atoms with van der Waals surface area (Å²) in [6.45, 7) is 1.91. The first-order valence-electron chi connectivity index (χ1n) is 11.2. The number of hydrogen-bond donors (Lipinski definition) is 1. The maximum Gasteiger partial charge on any atom is 0.303 e. The SMILES string of the molecule is Cc1c(S(=O)(=O)N2CC(CCC(=O)O)c3cc(-c4cccnc4)ccc32)cnn1-c1ccccc1. The Morgan fingerprint density at radius 3 is 2.57 bits per heavy atom.